The van der Waals surface area contributed by atoms with E-state index in [9.17, 15) is 27.6 Å². The molecule has 5 rings (SSSR count). The number of piperazine rings is 2. The van der Waals surface area contributed by atoms with Crippen LogP contribution in [0.15, 0.2) is 46.8 Å². The van der Waals surface area contributed by atoms with E-state index in [1.54, 1.807) is 9.80 Å². The molecular formula is C29H31F4N7O3S. The van der Waals surface area contributed by atoms with Crippen LogP contribution in [0.3, 0.4) is 0 Å². The van der Waals surface area contributed by atoms with Crippen LogP contribution in [-0.2, 0) is 6.18 Å². The van der Waals surface area contributed by atoms with Crippen LogP contribution in [0, 0.1) is 5.82 Å². The number of nitrogens with zero attached hydrogens (tertiary/aromatic N) is 5. The van der Waals surface area contributed by atoms with Gasteiger partial charge in [0.1, 0.15) is 16.5 Å². The Morgan fingerprint density at radius 2 is 1.84 bits per heavy atom. The molecule has 1 aromatic carbocycles. The number of amides is 2. The standard InChI is InChI=1S/C29H31F4N7O3S/c1-16-13-40(14-17(2)38(16)4)24-11-21(30)18(27-36-23(15-44-27)28(43)39-7-5-37(3)6-8-39)9-22(24)35-26(42)19-12-34-25(41)10-20(19)29(31,32)33/h9-12,15,17H,1,5-8,13-14H2,2-4H3,(H,34,41)(H,35,42)/t17-/m0/s1. The second kappa shape index (κ2) is 12.0. The maximum atomic E-state index is 15.8. The molecule has 234 valence electrons. The van der Waals surface area contributed by atoms with E-state index in [4.69, 9.17) is 0 Å². The second-order valence-corrected chi connectivity index (χ2v) is 11.8. The van der Waals surface area contributed by atoms with Crippen LogP contribution >= 0.6 is 11.3 Å². The van der Waals surface area contributed by atoms with Gasteiger partial charge in [0.25, 0.3) is 11.8 Å². The number of carbonyl (C=O) groups excluding carboxylic acids is 2. The fourth-order valence-corrected chi connectivity index (χ4v) is 5.98. The van der Waals surface area contributed by atoms with Crippen LogP contribution in [0.2, 0.25) is 0 Å². The van der Waals surface area contributed by atoms with Crippen LogP contribution in [-0.4, -0.2) is 95.9 Å². The van der Waals surface area contributed by atoms with E-state index in [1.807, 2.05) is 25.9 Å². The van der Waals surface area contributed by atoms with Crippen molar-refractivity contribution >= 4 is 34.5 Å². The molecule has 0 radical (unpaired) electrons. The van der Waals surface area contributed by atoms with E-state index in [1.165, 1.54) is 17.5 Å². The number of carbonyl (C=O) groups is 2. The minimum Gasteiger partial charge on any atom is -0.372 e. The van der Waals surface area contributed by atoms with Crippen LogP contribution in [0.1, 0.15) is 33.3 Å². The van der Waals surface area contributed by atoms with Crippen LogP contribution in [0.5, 0.6) is 0 Å². The number of halogens is 4. The highest BCUT2D eigenvalue weighted by atomic mass is 32.1. The summed E-state index contributed by atoms with van der Waals surface area (Å²) in [4.78, 5) is 52.0. The monoisotopic (exact) mass is 633 g/mol. The molecule has 10 nitrogen and oxygen atoms in total. The Bertz CT molecular complexity index is 1660. The normalized spacial score (nSPS) is 18.1. The number of nitrogens with one attached hydrogen (secondary N) is 2. The summed E-state index contributed by atoms with van der Waals surface area (Å²) < 4.78 is 57.0. The first-order valence-corrected chi connectivity index (χ1v) is 14.6. The number of aromatic amines is 1. The number of aromatic nitrogens is 2. The molecule has 0 aliphatic carbocycles. The average molecular weight is 634 g/mol. The Morgan fingerprint density at radius 3 is 2.50 bits per heavy atom. The lowest BCUT2D eigenvalue weighted by molar-refractivity contribution is -0.138. The molecule has 0 unspecified atom stereocenters. The van der Waals surface area contributed by atoms with Gasteiger partial charge in [-0.15, -0.1) is 11.3 Å². The number of benzene rings is 1. The fraction of sp³-hybridized carbons (Fsp3) is 0.379. The predicted molar refractivity (Wildman–Crippen MR) is 160 cm³/mol. The fourth-order valence-electron chi connectivity index (χ4n) is 5.17. The molecule has 4 heterocycles. The molecule has 44 heavy (non-hydrogen) atoms. The molecule has 2 aliphatic heterocycles. The van der Waals surface area contributed by atoms with Crippen molar-refractivity contribution in [3.05, 3.63) is 75.0 Å². The quantitative estimate of drug-likeness (QED) is 0.410. The van der Waals surface area contributed by atoms with Crippen LogP contribution in [0.25, 0.3) is 10.6 Å². The van der Waals surface area contributed by atoms with Gasteiger partial charge in [-0.25, -0.2) is 9.37 Å². The van der Waals surface area contributed by atoms with Gasteiger partial charge in [0, 0.05) is 80.8 Å². The van der Waals surface area contributed by atoms with Crippen molar-refractivity contribution in [1.82, 2.24) is 24.7 Å². The lowest BCUT2D eigenvalue weighted by Gasteiger charge is -2.42. The zero-order chi connectivity index (χ0) is 31.9. The van der Waals surface area contributed by atoms with Crippen molar-refractivity contribution in [2.75, 3.05) is 63.6 Å². The highest BCUT2D eigenvalue weighted by molar-refractivity contribution is 7.13. The third-order valence-electron chi connectivity index (χ3n) is 7.91. The number of pyridine rings is 1. The maximum Gasteiger partial charge on any atom is 0.417 e. The van der Waals surface area contributed by atoms with Gasteiger partial charge >= 0.3 is 6.18 Å². The number of thiazole rings is 1. The summed E-state index contributed by atoms with van der Waals surface area (Å²) >= 11 is 1.04. The maximum absolute atomic E-state index is 15.8. The summed E-state index contributed by atoms with van der Waals surface area (Å²) in [6.07, 6.45) is -4.28. The van der Waals surface area contributed by atoms with Crippen LogP contribution in [0.4, 0.5) is 28.9 Å². The van der Waals surface area contributed by atoms with Gasteiger partial charge in [-0.2, -0.15) is 13.2 Å². The lowest BCUT2D eigenvalue weighted by Crippen LogP contribution is -2.48. The molecule has 3 aromatic rings. The molecule has 2 N–H and O–H groups in total. The number of rotatable bonds is 5. The molecule has 2 saturated heterocycles. The first-order valence-electron chi connectivity index (χ1n) is 13.8. The number of likely N-dealkylation sites (N-methyl/N-ethyl adjacent to an activating group) is 2. The van der Waals surface area contributed by atoms with Gasteiger partial charge in [0.05, 0.1) is 29.0 Å². The zero-order valence-corrected chi connectivity index (χ0v) is 25.1. The molecular weight excluding hydrogens is 602 g/mol. The van der Waals surface area contributed by atoms with Crippen molar-refractivity contribution in [2.24, 2.45) is 0 Å². The molecule has 0 saturated carbocycles. The first-order chi connectivity index (χ1) is 20.7. The Morgan fingerprint density at radius 1 is 1.14 bits per heavy atom. The smallest absolute Gasteiger partial charge is 0.372 e. The number of hydrogen-bond donors (Lipinski definition) is 2. The summed E-state index contributed by atoms with van der Waals surface area (Å²) in [5, 5.41) is 4.20. The second-order valence-electron chi connectivity index (χ2n) is 11.0. The molecule has 15 heteroatoms. The van der Waals surface area contributed by atoms with Gasteiger partial charge < -0.3 is 29.9 Å². The Balaban J connectivity index is 1.53. The third kappa shape index (κ3) is 6.33. The van der Waals surface area contributed by atoms with E-state index in [2.05, 4.69) is 26.8 Å². The summed E-state index contributed by atoms with van der Waals surface area (Å²) in [6.45, 7) is 9.15. The van der Waals surface area contributed by atoms with Gasteiger partial charge in [-0.1, -0.05) is 6.58 Å². The minimum atomic E-state index is -4.98. The Hall–Kier alpha value is -4.24. The first kappa shape index (κ1) is 31.2. The van der Waals surface area contributed by atoms with E-state index < -0.39 is 34.6 Å². The highest BCUT2D eigenvalue weighted by Crippen LogP contribution is 2.38. The molecule has 0 bridgehead atoms. The molecule has 2 fully saturated rings. The molecule has 2 amide bonds. The van der Waals surface area contributed by atoms with E-state index in [0.717, 1.165) is 17.0 Å². The third-order valence-corrected chi connectivity index (χ3v) is 8.79. The Labute approximate surface area is 254 Å². The lowest BCUT2D eigenvalue weighted by atomic mass is 10.1. The topological polar surface area (TPSA) is 105 Å². The summed E-state index contributed by atoms with van der Waals surface area (Å²) in [7, 11) is 3.83. The SMILES string of the molecule is C=C1CN(c2cc(F)c(-c3nc(C(=O)N4CCN(C)CC4)cs3)cc2NC(=O)c2c[nH]c(=O)cc2C(F)(F)F)C[C@H](C)N1C. The number of anilines is 2. The summed E-state index contributed by atoms with van der Waals surface area (Å²) in [6, 6.07) is 2.76. The summed E-state index contributed by atoms with van der Waals surface area (Å²) in [5.41, 5.74) is -2.15. The van der Waals surface area contributed by atoms with Gasteiger partial charge in [-0.3, -0.25) is 14.4 Å². The van der Waals surface area contributed by atoms with Crippen molar-refractivity contribution in [3.8, 4) is 10.6 Å². The highest BCUT2D eigenvalue weighted by Gasteiger charge is 2.36. The Kier molecular flexibility index (Phi) is 8.53. The molecule has 1 atom stereocenters. The molecule has 2 aliphatic rings. The van der Waals surface area contributed by atoms with Gasteiger partial charge in [0.15, 0.2) is 0 Å². The van der Waals surface area contributed by atoms with Gasteiger partial charge in [0.2, 0.25) is 5.56 Å². The van der Waals surface area contributed by atoms with Gasteiger partial charge in [-0.05, 0) is 20.0 Å². The van der Waals surface area contributed by atoms with E-state index in [0.29, 0.717) is 45.0 Å². The molecule has 0 spiro atoms. The average Bonchev–Trinajstić information content (AvgIpc) is 3.46. The summed E-state index contributed by atoms with van der Waals surface area (Å²) in [5.74, 6) is -2.13. The van der Waals surface area contributed by atoms with Crippen LogP contribution < -0.4 is 15.8 Å². The number of H-pyrrole nitrogens is 1. The number of hydrogen-bond acceptors (Lipinski definition) is 8. The molecule has 2 aromatic heterocycles. The van der Waals surface area contributed by atoms with Crippen molar-refractivity contribution in [3.63, 3.8) is 0 Å². The van der Waals surface area contributed by atoms with Crippen molar-refractivity contribution in [1.29, 1.82) is 0 Å². The predicted octanol–water partition coefficient (Wildman–Crippen LogP) is 3.95. The van der Waals surface area contributed by atoms with Crippen molar-refractivity contribution < 1.29 is 27.2 Å². The van der Waals surface area contributed by atoms with Crippen molar-refractivity contribution in [2.45, 2.75) is 19.1 Å². The zero-order valence-electron chi connectivity index (χ0n) is 24.3. The number of alkyl halides is 3. The minimum absolute atomic E-state index is 0.0254. The van der Waals surface area contributed by atoms with E-state index in [-0.39, 0.29) is 46.1 Å². The van der Waals surface area contributed by atoms with E-state index >= 15 is 4.39 Å². The largest absolute Gasteiger partial charge is 0.417 e.